The Hall–Kier alpha value is -1.49. The molecule has 0 unspecified atom stereocenters. The van der Waals surface area contributed by atoms with Crippen LogP contribution in [0.1, 0.15) is 24.5 Å². The smallest absolute Gasteiger partial charge is 0.102 e. The predicted molar refractivity (Wildman–Crippen MR) is 61.9 cm³/mol. The summed E-state index contributed by atoms with van der Waals surface area (Å²) in [6.45, 7) is 6.44. The minimum absolute atomic E-state index is 0.817. The lowest BCUT2D eigenvalue weighted by Crippen LogP contribution is -2.46. The molecular formula is C13H16N2. The van der Waals surface area contributed by atoms with Crippen LogP contribution in [-0.4, -0.2) is 13.1 Å². The molecular weight excluding hydrogens is 184 g/mol. The van der Waals surface area contributed by atoms with Gasteiger partial charge in [-0.3, -0.25) is 0 Å². The summed E-state index contributed by atoms with van der Waals surface area (Å²) in [6.07, 6.45) is 1.24. The Kier molecular flexibility index (Phi) is 2.64. The van der Waals surface area contributed by atoms with E-state index in [9.17, 15) is 0 Å². The van der Waals surface area contributed by atoms with Crippen molar-refractivity contribution >= 4 is 5.69 Å². The van der Waals surface area contributed by atoms with Gasteiger partial charge in [0.2, 0.25) is 0 Å². The molecule has 1 heterocycles. The average molecular weight is 200 g/mol. The van der Waals surface area contributed by atoms with Gasteiger partial charge < -0.3 is 4.90 Å². The van der Waals surface area contributed by atoms with Crippen molar-refractivity contribution < 1.29 is 0 Å². The molecule has 0 bridgehead atoms. The van der Waals surface area contributed by atoms with Gasteiger partial charge in [0.05, 0.1) is 11.3 Å². The van der Waals surface area contributed by atoms with Crippen molar-refractivity contribution in [3.63, 3.8) is 0 Å². The minimum Gasteiger partial charge on any atom is -0.370 e. The highest BCUT2D eigenvalue weighted by atomic mass is 15.2. The van der Waals surface area contributed by atoms with Crippen molar-refractivity contribution in [2.75, 3.05) is 18.0 Å². The van der Waals surface area contributed by atoms with Crippen LogP contribution in [0.25, 0.3) is 0 Å². The fourth-order valence-corrected chi connectivity index (χ4v) is 2.09. The van der Waals surface area contributed by atoms with Crippen LogP contribution >= 0.6 is 0 Å². The molecule has 0 amide bonds. The molecule has 1 aliphatic rings. The van der Waals surface area contributed by atoms with Crippen LogP contribution < -0.4 is 4.90 Å². The fraction of sp³-hybridized carbons (Fsp3) is 0.462. The normalized spacial score (nSPS) is 15.9. The van der Waals surface area contributed by atoms with E-state index in [0.29, 0.717) is 0 Å². The Morgan fingerprint density at radius 1 is 1.47 bits per heavy atom. The Bertz CT molecular complexity index is 397. The first-order valence-corrected chi connectivity index (χ1v) is 5.51. The van der Waals surface area contributed by atoms with Crippen LogP contribution in [0.3, 0.4) is 0 Å². The maximum absolute atomic E-state index is 9.11. The first kappa shape index (κ1) is 10.0. The minimum atomic E-state index is 0.817. The van der Waals surface area contributed by atoms with E-state index in [1.807, 2.05) is 19.1 Å². The van der Waals surface area contributed by atoms with Crippen molar-refractivity contribution in [1.29, 1.82) is 5.26 Å². The second-order valence-electron chi connectivity index (χ2n) is 4.26. The van der Waals surface area contributed by atoms with Gasteiger partial charge in [0, 0.05) is 13.1 Å². The standard InChI is InChI=1S/C13H16N2/c1-3-11-8-15(9-11)13-6-4-5-10(2)12(13)7-14/h4-6,11H,3,8-9H2,1-2H3. The van der Waals surface area contributed by atoms with Gasteiger partial charge in [-0.15, -0.1) is 0 Å². The molecule has 0 saturated carbocycles. The van der Waals surface area contributed by atoms with Gasteiger partial charge in [0.1, 0.15) is 6.07 Å². The van der Waals surface area contributed by atoms with Gasteiger partial charge in [0.15, 0.2) is 0 Å². The van der Waals surface area contributed by atoms with Gasteiger partial charge >= 0.3 is 0 Å². The summed E-state index contributed by atoms with van der Waals surface area (Å²) in [7, 11) is 0. The molecule has 15 heavy (non-hydrogen) atoms. The zero-order valence-electron chi connectivity index (χ0n) is 9.33. The third-order valence-electron chi connectivity index (χ3n) is 3.24. The van der Waals surface area contributed by atoms with E-state index in [0.717, 1.165) is 35.8 Å². The second kappa shape index (κ2) is 3.94. The van der Waals surface area contributed by atoms with E-state index < -0.39 is 0 Å². The maximum atomic E-state index is 9.11. The quantitative estimate of drug-likeness (QED) is 0.734. The number of nitriles is 1. The number of hydrogen-bond donors (Lipinski definition) is 0. The van der Waals surface area contributed by atoms with Crippen LogP contribution in [0.4, 0.5) is 5.69 Å². The number of hydrogen-bond acceptors (Lipinski definition) is 2. The number of benzene rings is 1. The molecule has 1 saturated heterocycles. The molecule has 0 atom stereocenters. The Morgan fingerprint density at radius 3 is 2.80 bits per heavy atom. The maximum Gasteiger partial charge on any atom is 0.102 e. The molecule has 78 valence electrons. The van der Waals surface area contributed by atoms with E-state index in [1.165, 1.54) is 6.42 Å². The molecule has 0 aromatic heterocycles. The van der Waals surface area contributed by atoms with E-state index in [2.05, 4.69) is 24.0 Å². The zero-order valence-corrected chi connectivity index (χ0v) is 9.33. The molecule has 2 nitrogen and oxygen atoms in total. The van der Waals surface area contributed by atoms with E-state index in [-0.39, 0.29) is 0 Å². The molecule has 2 rings (SSSR count). The molecule has 1 fully saturated rings. The Labute approximate surface area is 91.1 Å². The van der Waals surface area contributed by atoms with E-state index in [1.54, 1.807) is 0 Å². The van der Waals surface area contributed by atoms with Crippen LogP contribution in [0, 0.1) is 24.2 Å². The summed E-state index contributed by atoms with van der Waals surface area (Å²) in [5.74, 6) is 0.817. The van der Waals surface area contributed by atoms with Gasteiger partial charge in [0.25, 0.3) is 0 Å². The zero-order chi connectivity index (χ0) is 10.8. The number of rotatable bonds is 2. The largest absolute Gasteiger partial charge is 0.370 e. The van der Waals surface area contributed by atoms with Crippen molar-refractivity contribution in [1.82, 2.24) is 0 Å². The Morgan fingerprint density at radius 2 is 2.20 bits per heavy atom. The molecule has 0 N–H and O–H groups in total. The molecule has 1 aliphatic heterocycles. The van der Waals surface area contributed by atoms with Crippen molar-refractivity contribution in [3.05, 3.63) is 29.3 Å². The summed E-state index contributed by atoms with van der Waals surface area (Å²) in [5.41, 5.74) is 3.03. The van der Waals surface area contributed by atoms with Crippen molar-refractivity contribution in [2.24, 2.45) is 5.92 Å². The van der Waals surface area contributed by atoms with Gasteiger partial charge in [-0.2, -0.15) is 5.26 Å². The molecule has 0 aliphatic carbocycles. The van der Waals surface area contributed by atoms with Gasteiger partial charge in [-0.05, 0) is 30.9 Å². The first-order valence-electron chi connectivity index (χ1n) is 5.51. The summed E-state index contributed by atoms with van der Waals surface area (Å²) in [4.78, 5) is 2.31. The van der Waals surface area contributed by atoms with E-state index >= 15 is 0 Å². The highest BCUT2D eigenvalue weighted by Gasteiger charge is 2.26. The summed E-state index contributed by atoms with van der Waals surface area (Å²) in [5, 5.41) is 9.11. The Balaban J connectivity index is 2.23. The van der Waals surface area contributed by atoms with Gasteiger partial charge in [-0.1, -0.05) is 19.1 Å². The third kappa shape index (κ3) is 1.70. The highest BCUT2D eigenvalue weighted by molar-refractivity contribution is 5.63. The molecule has 0 spiro atoms. The third-order valence-corrected chi connectivity index (χ3v) is 3.24. The second-order valence-corrected chi connectivity index (χ2v) is 4.26. The van der Waals surface area contributed by atoms with Crippen molar-refractivity contribution in [2.45, 2.75) is 20.3 Å². The number of anilines is 1. The first-order chi connectivity index (χ1) is 7.26. The summed E-state index contributed by atoms with van der Waals surface area (Å²) >= 11 is 0. The van der Waals surface area contributed by atoms with Crippen LogP contribution in [0.5, 0.6) is 0 Å². The van der Waals surface area contributed by atoms with Crippen LogP contribution in [-0.2, 0) is 0 Å². The van der Waals surface area contributed by atoms with Crippen LogP contribution in [0.15, 0.2) is 18.2 Å². The summed E-state index contributed by atoms with van der Waals surface area (Å²) in [6, 6.07) is 8.39. The lowest BCUT2D eigenvalue weighted by Gasteiger charge is -2.41. The fourth-order valence-electron chi connectivity index (χ4n) is 2.09. The molecule has 2 heteroatoms. The average Bonchev–Trinajstić information content (AvgIpc) is 2.16. The number of aryl methyl sites for hydroxylation is 1. The molecule has 1 aromatic carbocycles. The summed E-state index contributed by atoms with van der Waals surface area (Å²) < 4.78 is 0. The SMILES string of the molecule is CCC1CN(c2cccc(C)c2C#N)C1. The molecule has 1 aromatic rings. The van der Waals surface area contributed by atoms with Gasteiger partial charge in [-0.25, -0.2) is 0 Å². The van der Waals surface area contributed by atoms with E-state index in [4.69, 9.17) is 5.26 Å². The number of nitrogens with zero attached hydrogens (tertiary/aromatic N) is 2. The topological polar surface area (TPSA) is 27.0 Å². The lowest BCUT2D eigenvalue weighted by molar-refractivity contribution is 0.398. The van der Waals surface area contributed by atoms with Crippen LogP contribution in [0.2, 0.25) is 0 Å². The van der Waals surface area contributed by atoms with Crippen molar-refractivity contribution in [3.8, 4) is 6.07 Å². The molecule has 0 radical (unpaired) electrons. The highest BCUT2D eigenvalue weighted by Crippen LogP contribution is 2.30. The lowest BCUT2D eigenvalue weighted by atomic mass is 9.95. The monoisotopic (exact) mass is 200 g/mol. The predicted octanol–water partition coefficient (Wildman–Crippen LogP) is 2.71.